The zero-order valence-corrected chi connectivity index (χ0v) is 18.8. The molecule has 1 aliphatic rings. The third-order valence-corrected chi connectivity index (χ3v) is 5.45. The van der Waals surface area contributed by atoms with E-state index in [0.717, 1.165) is 50.8 Å². The molecule has 1 atom stereocenters. The first-order chi connectivity index (χ1) is 15.3. The molecule has 1 heterocycles. The standard InChI is InChI=1S/C25H35N3O3/c1-26-25(28-15-13-23(18-28)19-30-17-16-29-2)27-14-12-21-8-10-24(11-9-21)31-20-22-6-4-3-5-7-22/h3-11,23H,12-20H2,1-2H3,(H,26,27). The SMILES string of the molecule is CN=C(NCCc1ccc(OCc2ccccc2)cc1)N1CCC(COCCOC)C1. The number of benzene rings is 2. The Labute approximate surface area is 186 Å². The molecule has 0 bridgehead atoms. The van der Waals surface area contributed by atoms with E-state index in [9.17, 15) is 0 Å². The molecule has 3 rings (SSSR count). The number of hydrogen-bond donors (Lipinski definition) is 1. The molecule has 0 amide bonds. The molecule has 168 valence electrons. The van der Waals surface area contributed by atoms with E-state index in [1.54, 1.807) is 7.11 Å². The highest BCUT2D eigenvalue weighted by Crippen LogP contribution is 2.17. The summed E-state index contributed by atoms with van der Waals surface area (Å²) in [6, 6.07) is 18.6. The second kappa shape index (κ2) is 13.0. The number of likely N-dealkylation sites (tertiary alicyclic amines) is 1. The van der Waals surface area contributed by atoms with E-state index in [4.69, 9.17) is 14.2 Å². The van der Waals surface area contributed by atoms with Crippen LogP contribution in [0, 0.1) is 5.92 Å². The third kappa shape index (κ3) is 7.89. The molecule has 0 aliphatic carbocycles. The number of hydrogen-bond acceptors (Lipinski definition) is 4. The average Bonchev–Trinajstić information content (AvgIpc) is 3.28. The molecule has 31 heavy (non-hydrogen) atoms. The minimum atomic E-state index is 0.554. The molecular weight excluding hydrogens is 390 g/mol. The Morgan fingerprint density at radius 2 is 1.87 bits per heavy atom. The molecule has 2 aromatic rings. The Balaban J connectivity index is 1.36. The second-order valence-corrected chi connectivity index (χ2v) is 7.81. The van der Waals surface area contributed by atoms with Crippen LogP contribution in [0.1, 0.15) is 17.5 Å². The van der Waals surface area contributed by atoms with Crippen LogP contribution >= 0.6 is 0 Å². The maximum Gasteiger partial charge on any atom is 0.193 e. The van der Waals surface area contributed by atoms with Crippen molar-refractivity contribution in [1.82, 2.24) is 10.2 Å². The van der Waals surface area contributed by atoms with Crippen LogP contribution in [0.4, 0.5) is 0 Å². The number of nitrogens with zero attached hydrogens (tertiary/aromatic N) is 2. The van der Waals surface area contributed by atoms with Crippen LogP contribution < -0.4 is 10.1 Å². The Morgan fingerprint density at radius 1 is 1.06 bits per heavy atom. The molecule has 1 aliphatic heterocycles. The van der Waals surface area contributed by atoms with Gasteiger partial charge in [0.2, 0.25) is 0 Å². The van der Waals surface area contributed by atoms with Crippen LogP contribution in [0.5, 0.6) is 5.75 Å². The maximum absolute atomic E-state index is 5.87. The van der Waals surface area contributed by atoms with Gasteiger partial charge in [-0.2, -0.15) is 0 Å². The van der Waals surface area contributed by atoms with Crippen molar-refractivity contribution in [1.29, 1.82) is 0 Å². The lowest BCUT2D eigenvalue weighted by molar-refractivity contribution is 0.0536. The van der Waals surface area contributed by atoms with Gasteiger partial charge in [-0.05, 0) is 36.1 Å². The second-order valence-electron chi connectivity index (χ2n) is 7.81. The fraction of sp³-hybridized carbons (Fsp3) is 0.480. The molecule has 0 saturated carbocycles. The van der Waals surface area contributed by atoms with Gasteiger partial charge in [0, 0.05) is 39.7 Å². The lowest BCUT2D eigenvalue weighted by atomic mass is 10.1. The zero-order valence-electron chi connectivity index (χ0n) is 18.8. The first kappa shape index (κ1) is 23.1. The molecule has 1 fully saturated rings. The fourth-order valence-electron chi connectivity index (χ4n) is 3.70. The predicted octanol–water partition coefficient (Wildman–Crippen LogP) is 3.37. The lowest BCUT2D eigenvalue weighted by Gasteiger charge is -2.21. The summed E-state index contributed by atoms with van der Waals surface area (Å²) in [7, 11) is 3.55. The van der Waals surface area contributed by atoms with E-state index in [-0.39, 0.29) is 0 Å². The Bertz CT molecular complexity index is 780. The number of methoxy groups -OCH3 is 1. The van der Waals surface area contributed by atoms with Crippen LogP contribution in [0.2, 0.25) is 0 Å². The molecule has 0 radical (unpaired) electrons. The maximum atomic E-state index is 5.87. The number of rotatable bonds is 11. The number of nitrogens with one attached hydrogen (secondary N) is 1. The number of guanidine groups is 1. The number of aliphatic imine (C=N–C) groups is 1. The van der Waals surface area contributed by atoms with Crippen molar-refractivity contribution >= 4 is 5.96 Å². The minimum Gasteiger partial charge on any atom is -0.489 e. The van der Waals surface area contributed by atoms with Crippen LogP contribution in [0.15, 0.2) is 59.6 Å². The van der Waals surface area contributed by atoms with Crippen molar-refractivity contribution in [3.05, 3.63) is 65.7 Å². The van der Waals surface area contributed by atoms with Gasteiger partial charge in [-0.3, -0.25) is 4.99 Å². The van der Waals surface area contributed by atoms with Gasteiger partial charge < -0.3 is 24.4 Å². The Hall–Kier alpha value is -2.57. The molecule has 1 unspecified atom stereocenters. The Morgan fingerprint density at radius 3 is 2.61 bits per heavy atom. The molecule has 2 aromatic carbocycles. The largest absolute Gasteiger partial charge is 0.489 e. The van der Waals surface area contributed by atoms with Gasteiger partial charge >= 0.3 is 0 Å². The highest BCUT2D eigenvalue weighted by atomic mass is 16.5. The van der Waals surface area contributed by atoms with Gasteiger partial charge in [0.15, 0.2) is 5.96 Å². The first-order valence-electron chi connectivity index (χ1n) is 11.1. The van der Waals surface area contributed by atoms with Gasteiger partial charge in [-0.15, -0.1) is 0 Å². The van der Waals surface area contributed by atoms with E-state index < -0.39 is 0 Å². The van der Waals surface area contributed by atoms with Crippen molar-refractivity contribution in [2.24, 2.45) is 10.9 Å². The van der Waals surface area contributed by atoms with E-state index in [1.165, 1.54) is 11.1 Å². The average molecular weight is 426 g/mol. The topological polar surface area (TPSA) is 55.3 Å². The highest BCUT2D eigenvalue weighted by molar-refractivity contribution is 5.80. The quantitative estimate of drug-likeness (QED) is 0.340. The lowest BCUT2D eigenvalue weighted by Crippen LogP contribution is -2.41. The zero-order chi connectivity index (χ0) is 21.7. The predicted molar refractivity (Wildman–Crippen MR) is 125 cm³/mol. The molecule has 1 N–H and O–H groups in total. The molecule has 6 heteroatoms. The summed E-state index contributed by atoms with van der Waals surface area (Å²) in [4.78, 5) is 6.79. The Kier molecular flexibility index (Phi) is 9.67. The highest BCUT2D eigenvalue weighted by Gasteiger charge is 2.24. The fourth-order valence-corrected chi connectivity index (χ4v) is 3.70. The summed E-state index contributed by atoms with van der Waals surface area (Å²) in [5.74, 6) is 2.42. The van der Waals surface area contributed by atoms with Crippen molar-refractivity contribution in [3.8, 4) is 5.75 Å². The van der Waals surface area contributed by atoms with E-state index in [1.807, 2.05) is 37.4 Å². The molecule has 0 aromatic heterocycles. The van der Waals surface area contributed by atoms with Crippen molar-refractivity contribution in [2.45, 2.75) is 19.4 Å². The van der Waals surface area contributed by atoms with Gasteiger partial charge in [-0.1, -0.05) is 42.5 Å². The summed E-state index contributed by atoms with van der Waals surface area (Å²) < 4.78 is 16.6. The summed E-state index contributed by atoms with van der Waals surface area (Å²) in [6.45, 7) is 5.55. The van der Waals surface area contributed by atoms with Gasteiger partial charge in [0.1, 0.15) is 12.4 Å². The van der Waals surface area contributed by atoms with Crippen LogP contribution in [0.25, 0.3) is 0 Å². The van der Waals surface area contributed by atoms with Gasteiger partial charge in [0.05, 0.1) is 19.8 Å². The molecule has 0 spiro atoms. The van der Waals surface area contributed by atoms with Crippen LogP contribution in [-0.4, -0.2) is 64.5 Å². The van der Waals surface area contributed by atoms with Crippen LogP contribution in [-0.2, 0) is 22.5 Å². The van der Waals surface area contributed by atoms with Crippen molar-refractivity contribution < 1.29 is 14.2 Å². The van der Waals surface area contributed by atoms with E-state index >= 15 is 0 Å². The normalized spacial score (nSPS) is 16.5. The molecule has 6 nitrogen and oxygen atoms in total. The number of ether oxygens (including phenoxy) is 3. The van der Waals surface area contributed by atoms with Crippen molar-refractivity contribution in [2.75, 3.05) is 53.6 Å². The van der Waals surface area contributed by atoms with E-state index in [0.29, 0.717) is 25.7 Å². The van der Waals surface area contributed by atoms with Gasteiger partial charge in [-0.25, -0.2) is 0 Å². The van der Waals surface area contributed by atoms with Crippen LogP contribution in [0.3, 0.4) is 0 Å². The first-order valence-corrected chi connectivity index (χ1v) is 11.1. The van der Waals surface area contributed by atoms with E-state index in [2.05, 4.69) is 39.5 Å². The summed E-state index contributed by atoms with van der Waals surface area (Å²) in [5.41, 5.74) is 2.45. The molecule has 1 saturated heterocycles. The summed E-state index contributed by atoms with van der Waals surface area (Å²) in [5, 5.41) is 3.50. The third-order valence-electron chi connectivity index (χ3n) is 5.45. The summed E-state index contributed by atoms with van der Waals surface area (Å²) >= 11 is 0. The smallest absolute Gasteiger partial charge is 0.193 e. The minimum absolute atomic E-state index is 0.554. The molecular formula is C25H35N3O3. The van der Waals surface area contributed by atoms with Gasteiger partial charge in [0.25, 0.3) is 0 Å². The van der Waals surface area contributed by atoms with Crippen molar-refractivity contribution in [3.63, 3.8) is 0 Å². The summed E-state index contributed by atoms with van der Waals surface area (Å²) in [6.07, 6.45) is 2.08. The monoisotopic (exact) mass is 425 g/mol.